The summed E-state index contributed by atoms with van der Waals surface area (Å²) in [6.45, 7) is -0.0123. The number of nitrogens with one attached hydrogen (secondary N) is 1. The molecular weight excluding hydrogens is 282 g/mol. The maximum absolute atomic E-state index is 13.5. The van der Waals surface area contributed by atoms with E-state index in [9.17, 15) is 17.2 Å². The summed E-state index contributed by atoms with van der Waals surface area (Å²) >= 11 is 4.56. The first-order chi connectivity index (χ1) is 8.22. The van der Waals surface area contributed by atoms with Crippen molar-refractivity contribution in [1.29, 1.82) is 0 Å². The molecule has 0 spiro atoms. The fraction of sp³-hybridized carbons (Fsp3) is 0.300. The van der Waals surface area contributed by atoms with Crippen molar-refractivity contribution in [2.75, 3.05) is 23.9 Å². The molecule has 100 valence electrons. The first kappa shape index (κ1) is 14.8. The highest BCUT2D eigenvalue weighted by Crippen LogP contribution is 2.20. The molecule has 3 N–H and O–H groups in total. The smallest absolute Gasteiger partial charge is 0.182 e. The van der Waals surface area contributed by atoms with E-state index < -0.39 is 21.5 Å². The van der Waals surface area contributed by atoms with Crippen LogP contribution in [0.15, 0.2) is 12.1 Å². The van der Waals surface area contributed by atoms with Crippen LogP contribution >= 0.6 is 12.2 Å². The SMILES string of the molecule is CS(=O)(=O)CCNc1ccc(C(N)=S)c(F)c1F. The van der Waals surface area contributed by atoms with Crippen molar-refractivity contribution in [1.82, 2.24) is 0 Å². The molecule has 0 radical (unpaired) electrons. The molecule has 1 rings (SSSR count). The van der Waals surface area contributed by atoms with Crippen molar-refractivity contribution >= 4 is 32.7 Å². The second kappa shape index (κ2) is 5.57. The van der Waals surface area contributed by atoms with Crippen LogP contribution in [0.3, 0.4) is 0 Å². The maximum atomic E-state index is 13.5. The van der Waals surface area contributed by atoms with E-state index in [4.69, 9.17) is 5.73 Å². The predicted molar refractivity (Wildman–Crippen MR) is 70.4 cm³/mol. The zero-order valence-electron chi connectivity index (χ0n) is 9.54. The van der Waals surface area contributed by atoms with E-state index in [1.807, 2.05) is 0 Å². The molecule has 0 saturated carbocycles. The molecule has 0 aromatic heterocycles. The molecule has 1 aromatic rings. The van der Waals surface area contributed by atoms with Crippen LogP contribution in [0, 0.1) is 11.6 Å². The van der Waals surface area contributed by atoms with Crippen LogP contribution in [0.2, 0.25) is 0 Å². The second-order valence-electron chi connectivity index (χ2n) is 3.71. The number of hydrogen-bond donors (Lipinski definition) is 2. The normalized spacial score (nSPS) is 11.3. The third-order valence-electron chi connectivity index (χ3n) is 2.14. The Morgan fingerprint density at radius 2 is 2.00 bits per heavy atom. The predicted octanol–water partition coefficient (Wildman–Crippen LogP) is 1.06. The summed E-state index contributed by atoms with van der Waals surface area (Å²) in [5, 5.41) is 2.50. The third kappa shape index (κ3) is 3.88. The minimum absolute atomic E-state index is 0.0123. The molecule has 0 aliphatic carbocycles. The third-order valence-corrected chi connectivity index (χ3v) is 3.30. The lowest BCUT2D eigenvalue weighted by Crippen LogP contribution is -2.17. The molecular formula is C10H12F2N2O2S2. The fourth-order valence-electron chi connectivity index (χ4n) is 1.25. The molecule has 0 saturated heterocycles. The van der Waals surface area contributed by atoms with E-state index in [-0.39, 0.29) is 28.5 Å². The van der Waals surface area contributed by atoms with Crippen LogP contribution in [0.4, 0.5) is 14.5 Å². The summed E-state index contributed by atoms with van der Waals surface area (Å²) in [4.78, 5) is -0.242. The monoisotopic (exact) mass is 294 g/mol. The Bertz CT molecular complexity index is 573. The number of halogens is 2. The van der Waals surface area contributed by atoms with Crippen molar-refractivity contribution in [3.8, 4) is 0 Å². The van der Waals surface area contributed by atoms with Crippen LogP contribution in [0.25, 0.3) is 0 Å². The van der Waals surface area contributed by atoms with Gasteiger partial charge in [-0.1, -0.05) is 12.2 Å². The van der Waals surface area contributed by atoms with E-state index in [1.165, 1.54) is 12.1 Å². The molecule has 0 atom stereocenters. The number of sulfone groups is 1. The molecule has 0 bridgehead atoms. The molecule has 18 heavy (non-hydrogen) atoms. The minimum Gasteiger partial charge on any atom is -0.389 e. The lowest BCUT2D eigenvalue weighted by Gasteiger charge is -2.09. The van der Waals surface area contributed by atoms with Crippen molar-refractivity contribution < 1.29 is 17.2 Å². The van der Waals surface area contributed by atoms with E-state index in [0.29, 0.717) is 0 Å². The Hall–Kier alpha value is -1.28. The summed E-state index contributed by atoms with van der Waals surface area (Å²) in [7, 11) is -3.16. The lowest BCUT2D eigenvalue weighted by molar-refractivity contribution is 0.509. The van der Waals surface area contributed by atoms with Crippen LogP contribution in [0.1, 0.15) is 5.56 Å². The van der Waals surface area contributed by atoms with E-state index in [2.05, 4.69) is 17.5 Å². The van der Waals surface area contributed by atoms with Crippen molar-refractivity contribution in [2.45, 2.75) is 0 Å². The summed E-state index contributed by atoms with van der Waals surface area (Å²) in [5.74, 6) is -2.45. The highest BCUT2D eigenvalue weighted by molar-refractivity contribution is 7.90. The molecule has 0 fully saturated rings. The Kier molecular flexibility index (Phi) is 4.58. The molecule has 8 heteroatoms. The van der Waals surface area contributed by atoms with Gasteiger partial charge in [-0.3, -0.25) is 0 Å². The zero-order chi connectivity index (χ0) is 13.9. The van der Waals surface area contributed by atoms with Gasteiger partial charge in [-0.05, 0) is 12.1 Å². The van der Waals surface area contributed by atoms with Crippen LogP contribution < -0.4 is 11.1 Å². The topological polar surface area (TPSA) is 72.2 Å². The highest BCUT2D eigenvalue weighted by atomic mass is 32.2. The van der Waals surface area contributed by atoms with Gasteiger partial charge in [0.25, 0.3) is 0 Å². The fourth-order valence-corrected chi connectivity index (χ4v) is 1.88. The number of nitrogens with two attached hydrogens (primary N) is 1. The molecule has 0 amide bonds. The number of benzene rings is 1. The van der Waals surface area contributed by atoms with Crippen molar-refractivity contribution in [3.63, 3.8) is 0 Å². The van der Waals surface area contributed by atoms with E-state index in [1.54, 1.807) is 0 Å². The van der Waals surface area contributed by atoms with Gasteiger partial charge >= 0.3 is 0 Å². The van der Waals surface area contributed by atoms with E-state index in [0.717, 1.165) is 6.26 Å². The van der Waals surface area contributed by atoms with Gasteiger partial charge in [0, 0.05) is 18.4 Å². The Morgan fingerprint density at radius 3 is 2.50 bits per heavy atom. The molecule has 4 nitrogen and oxygen atoms in total. The van der Waals surface area contributed by atoms with Gasteiger partial charge in [-0.2, -0.15) is 0 Å². The van der Waals surface area contributed by atoms with Crippen LogP contribution in [-0.4, -0.2) is 32.0 Å². The number of hydrogen-bond acceptors (Lipinski definition) is 4. The lowest BCUT2D eigenvalue weighted by atomic mass is 10.2. The van der Waals surface area contributed by atoms with Crippen LogP contribution in [0.5, 0.6) is 0 Å². The quantitative estimate of drug-likeness (QED) is 0.794. The Morgan fingerprint density at radius 1 is 1.39 bits per heavy atom. The average molecular weight is 294 g/mol. The Balaban J connectivity index is 2.86. The summed E-state index contributed by atoms with van der Waals surface area (Å²) < 4.78 is 48.8. The van der Waals surface area contributed by atoms with Gasteiger partial charge in [0.05, 0.1) is 11.4 Å². The average Bonchev–Trinajstić information content (AvgIpc) is 2.22. The van der Waals surface area contributed by atoms with Crippen molar-refractivity contribution in [2.24, 2.45) is 5.73 Å². The van der Waals surface area contributed by atoms with Gasteiger partial charge in [-0.15, -0.1) is 0 Å². The number of anilines is 1. The summed E-state index contributed by atoms with van der Waals surface area (Å²) in [6.07, 6.45) is 1.06. The van der Waals surface area contributed by atoms with Gasteiger partial charge in [-0.25, -0.2) is 17.2 Å². The summed E-state index contributed by atoms with van der Waals surface area (Å²) in [5.41, 5.74) is 4.90. The van der Waals surface area contributed by atoms with Gasteiger partial charge in [0.2, 0.25) is 0 Å². The van der Waals surface area contributed by atoms with Crippen LogP contribution in [-0.2, 0) is 9.84 Å². The first-order valence-electron chi connectivity index (χ1n) is 4.92. The van der Waals surface area contributed by atoms with Gasteiger partial charge in [0.15, 0.2) is 11.6 Å². The highest BCUT2D eigenvalue weighted by Gasteiger charge is 2.15. The largest absolute Gasteiger partial charge is 0.389 e. The molecule has 0 aliphatic heterocycles. The molecule has 0 unspecified atom stereocenters. The summed E-state index contributed by atoms with van der Waals surface area (Å²) in [6, 6.07) is 2.50. The number of thiocarbonyl (C=S) groups is 1. The number of rotatable bonds is 5. The minimum atomic E-state index is -3.16. The molecule has 0 aliphatic rings. The Labute approximate surface area is 109 Å². The molecule has 1 aromatic carbocycles. The molecule has 0 heterocycles. The van der Waals surface area contributed by atoms with Gasteiger partial charge in [0.1, 0.15) is 14.8 Å². The van der Waals surface area contributed by atoms with Gasteiger partial charge < -0.3 is 11.1 Å². The second-order valence-corrected chi connectivity index (χ2v) is 6.41. The maximum Gasteiger partial charge on any atom is 0.182 e. The van der Waals surface area contributed by atoms with Crippen molar-refractivity contribution in [3.05, 3.63) is 29.3 Å². The first-order valence-corrected chi connectivity index (χ1v) is 7.38. The zero-order valence-corrected chi connectivity index (χ0v) is 11.2. The van der Waals surface area contributed by atoms with E-state index >= 15 is 0 Å². The standard InChI is InChI=1S/C10H12F2N2O2S2/c1-18(15,16)5-4-14-7-3-2-6(10(13)17)8(11)9(7)12/h2-3,14H,4-5H2,1H3,(H2,13,17).